The van der Waals surface area contributed by atoms with Gasteiger partial charge < -0.3 is 4.43 Å². The maximum absolute atomic E-state index is 12.9. The summed E-state index contributed by atoms with van der Waals surface area (Å²) in [7, 11) is -2.20. The van der Waals surface area contributed by atoms with E-state index in [1.807, 2.05) is 31.2 Å². The van der Waals surface area contributed by atoms with Crippen molar-refractivity contribution >= 4 is 14.1 Å². The van der Waals surface area contributed by atoms with E-state index in [0.29, 0.717) is 11.3 Å². The van der Waals surface area contributed by atoms with Crippen LogP contribution in [0.3, 0.4) is 0 Å². The van der Waals surface area contributed by atoms with Gasteiger partial charge >= 0.3 is 6.18 Å². The quantitative estimate of drug-likeness (QED) is 0.287. The number of hydrogen-bond acceptors (Lipinski definition) is 1. The Bertz CT molecular complexity index is 920. The fourth-order valence-corrected chi connectivity index (χ4v) is 3.28. The minimum atomic E-state index is -4.37. The maximum Gasteiger partial charge on any atom is 0.416 e. The number of rotatable bonds is 3. The Labute approximate surface area is 172 Å². The van der Waals surface area contributed by atoms with Gasteiger partial charge in [-0.25, -0.2) is 0 Å². The van der Waals surface area contributed by atoms with Gasteiger partial charge in [-0.1, -0.05) is 62.4 Å². The predicted molar refractivity (Wildman–Crippen MR) is 116 cm³/mol. The van der Waals surface area contributed by atoms with E-state index in [4.69, 9.17) is 4.43 Å². The lowest BCUT2D eigenvalue weighted by Crippen LogP contribution is -2.40. The molecule has 2 aromatic rings. The fourth-order valence-electron chi connectivity index (χ4n) is 2.25. The van der Waals surface area contributed by atoms with Crippen LogP contribution in [0.25, 0.3) is 5.76 Å². The molecule has 0 saturated carbocycles. The van der Waals surface area contributed by atoms with Gasteiger partial charge in [0, 0.05) is 17.2 Å². The van der Waals surface area contributed by atoms with Crippen molar-refractivity contribution in [1.29, 1.82) is 0 Å². The standard InChI is InChI=1S/C24H27F3OSi/c1-18-10-12-19(13-11-18)8-7-9-22(28-29(5,6)23(2,3)4)20-14-16-21(17-15-20)24(25,26)27/h9-17H,1-6H3/b22-9-. The highest BCUT2D eigenvalue weighted by molar-refractivity contribution is 6.74. The zero-order chi connectivity index (χ0) is 21.9. The summed E-state index contributed by atoms with van der Waals surface area (Å²) >= 11 is 0. The normalized spacial score (nSPS) is 12.9. The molecule has 29 heavy (non-hydrogen) atoms. The lowest BCUT2D eigenvalue weighted by atomic mass is 10.1. The van der Waals surface area contributed by atoms with Crippen LogP contribution in [0.2, 0.25) is 18.1 Å². The van der Waals surface area contributed by atoms with Gasteiger partial charge in [0.25, 0.3) is 8.32 Å². The molecule has 0 heterocycles. The summed E-state index contributed by atoms with van der Waals surface area (Å²) < 4.78 is 45.1. The van der Waals surface area contributed by atoms with Gasteiger partial charge in [0.05, 0.1) is 5.56 Å². The summed E-state index contributed by atoms with van der Waals surface area (Å²) in [6, 6.07) is 12.9. The third-order valence-corrected chi connectivity index (χ3v) is 9.48. The van der Waals surface area contributed by atoms with Gasteiger partial charge in [0.2, 0.25) is 0 Å². The summed E-state index contributed by atoms with van der Waals surface area (Å²) in [5.74, 6) is 6.57. The van der Waals surface area contributed by atoms with Crippen molar-refractivity contribution in [1.82, 2.24) is 0 Å². The second-order valence-electron chi connectivity index (χ2n) is 8.58. The molecule has 0 spiro atoms. The van der Waals surface area contributed by atoms with Crippen LogP contribution in [0.5, 0.6) is 0 Å². The van der Waals surface area contributed by atoms with Crippen LogP contribution in [-0.2, 0) is 10.6 Å². The Kier molecular flexibility index (Phi) is 6.69. The summed E-state index contributed by atoms with van der Waals surface area (Å²) in [6.45, 7) is 12.5. The van der Waals surface area contributed by atoms with Gasteiger partial charge in [-0.05, 0) is 49.3 Å². The molecule has 0 unspecified atom stereocenters. The van der Waals surface area contributed by atoms with Crippen molar-refractivity contribution < 1.29 is 17.6 Å². The molecule has 2 rings (SSSR count). The van der Waals surface area contributed by atoms with Gasteiger partial charge in [-0.15, -0.1) is 0 Å². The summed E-state index contributed by atoms with van der Waals surface area (Å²) in [4.78, 5) is 0. The van der Waals surface area contributed by atoms with E-state index in [9.17, 15) is 13.2 Å². The lowest BCUT2D eigenvalue weighted by molar-refractivity contribution is -0.137. The molecule has 0 amide bonds. The molecule has 0 radical (unpaired) electrons. The van der Waals surface area contributed by atoms with Gasteiger partial charge in [0.15, 0.2) is 0 Å². The van der Waals surface area contributed by atoms with Crippen molar-refractivity contribution in [3.8, 4) is 11.8 Å². The second-order valence-corrected chi connectivity index (χ2v) is 13.3. The molecule has 2 aromatic carbocycles. The number of benzene rings is 2. The second kappa shape index (κ2) is 8.50. The highest BCUT2D eigenvalue weighted by Gasteiger charge is 2.39. The SMILES string of the molecule is Cc1ccc(C#C/C=C(\O[Si](C)(C)C(C)(C)C)c2ccc(C(F)(F)F)cc2)cc1. The average molecular weight is 417 g/mol. The third kappa shape index (κ3) is 6.27. The van der Waals surface area contributed by atoms with Crippen LogP contribution < -0.4 is 0 Å². The molecule has 0 saturated heterocycles. The topological polar surface area (TPSA) is 9.23 Å². The first-order valence-electron chi connectivity index (χ1n) is 9.45. The van der Waals surface area contributed by atoms with Crippen LogP contribution in [-0.4, -0.2) is 8.32 Å². The zero-order valence-electron chi connectivity index (χ0n) is 17.7. The Morgan fingerprint density at radius 3 is 1.97 bits per heavy atom. The van der Waals surface area contributed by atoms with Gasteiger partial charge in [-0.3, -0.25) is 0 Å². The molecule has 0 atom stereocenters. The summed E-state index contributed by atoms with van der Waals surface area (Å²) in [5, 5.41) is -0.0532. The predicted octanol–water partition coefficient (Wildman–Crippen LogP) is 7.43. The third-order valence-electron chi connectivity index (χ3n) is 5.14. The van der Waals surface area contributed by atoms with Crippen LogP contribution >= 0.6 is 0 Å². The minimum Gasteiger partial charge on any atom is -0.543 e. The number of aryl methyl sites for hydroxylation is 1. The fraction of sp³-hybridized carbons (Fsp3) is 0.333. The Morgan fingerprint density at radius 1 is 0.931 bits per heavy atom. The van der Waals surface area contributed by atoms with Crippen molar-refractivity contribution in [2.45, 2.75) is 52.0 Å². The first kappa shape index (κ1) is 22.8. The monoisotopic (exact) mass is 416 g/mol. The molecule has 0 N–H and O–H groups in total. The van der Waals surface area contributed by atoms with Gasteiger partial charge in [-0.2, -0.15) is 13.2 Å². The first-order valence-corrected chi connectivity index (χ1v) is 12.4. The molecule has 0 aliphatic rings. The minimum absolute atomic E-state index is 0.0532. The molecule has 0 bridgehead atoms. The van der Waals surface area contributed by atoms with Crippen LogP contribution in [0.4, 0.5) is 13.2 Å². The smallest absolute Gasteiger partial charge is 0.416 e. The molecule has 0 aromatic heterocycles. The highest BCUT2D eigenvalue weighted by Crippen LogP contribution is 2.39. The Morgan fingerprint density at radius 2 is 1.48 bits per heavy atom. The van der Waals surface area contributed by atoms with Crippen molar-refractivity contribution in [2.75, 3.05) is 0 Å². The van der Waals surface area contributed by atoms with E-state index in [0.717, 1.165) is 23.3 Å². The van der Waals surface area contributed by atoms with E-state index in [1.54, 1.807) is 6.08 Å². The number of hydrogen-bond donors (Lipinski definition) is 0. The average Bonchev–Trinajstić information content (AvgIpc) is 2.61. The zero-order valence-corrected chi connectivity index (χ0v) is 18.7. The van der Waals surface area contributed by atoms with E-state index < -0.39 is 20.1 Å². The largest absolute Gasteiger partial charge is 0.543 e. The number of halogens is 3. The Hall–Kier alpha value is -2.45. The first-order chi connectivity index (χ1) is 13.3. The lowest BCUT2D eigenvalue weighted by Gasteiger charge is -2.37. The molecular formula is C24H27F3OSi. The highest BCUT2D eigenvalue weighted by atomic mass is 28.4. The molecule has 1 nitrogen and oxygen atoms in total. The molecule has 154 valence electrons. The van der Waals surface area contributed by atoms with E-state index >= 15 is 0 Å². The summed E-state index contributed by atoms with van der Waals surface area (Å²) in [6.07, 6.45) is -2.71. The van der Waals surface area contributed by atoms with Crippen LogP contribution in [0, 0.1) is 18.8 Å². The van der Waals surface area contributed by atoms with Crippen molar-refractivity contribution in [2.24, 2.45) is 0 Å². The molecule has 0 aliphatic heterocycles. The van der Waals surface area contributed by atoms with E-state index in [1.165, 1.54) is 12.1 Å². The van der Waals surface area contributed by atoms with Gasteiger partial charge in [0.1, 0.15) is 5.76 Å². The van der Waals surface area contributed by atoms with E-state index in [-0.39, 0.29) is 5.04 Å². The Balaban J connectivity index is 2.42. The van der Waals surface area contributed by atoms with Crippen molar-refractivity contribution in [3.05, 3.63) is 76.9 Å². The maximum atomic E-state index is 12.9. The van der Waals surface area contributed by atoms with E-state index in [2.05, 4.69) is 45.7 Å². The van der Waals surface area contributed by atoms with Crippen LogP contribution in [0.15, 0.2) is 54.6 Å². The molecular weight excluding hydrogens is 389 g/mol. The molecule has 5 heteroatoms. The number of alkyl halides is 3. The number of allylic oxidation sites excluding steroid dienone is 1. The van der Waals surface area contributed by atoms with Crippen molar-refractivity contribution in [3.63, 3.8) is 0 Å². The molecule has 0 fully saturated rings. The molecule has 0 aliphatic carbocycles. The van der Waals surface area contributed by atoms with Crippen LogP contribution in [0.1, 0.15) is 43.0 Å². The summed E-state index contributed by atoms with van der Waals surface area (Å²) in [5.41, 5.74) is 1.92.